The third-order valence-corrected chi connectivity index (χ3v) is 3.30. The Morgan fingerprint density at radius 3 is 2.45 bits per heavy atom. The Labute approximate surface area is 128 Å². The monoisotopic (exact) mass is 305 g/mol. The summed E-state index contributed by atoms with van der Waals surface area (Å²) in [7, 11) is 0. The number of amides is 1. The van der Waals surface area contributed by atoms with Crippen molar-refractivity contribution in [3.63, 3.8) is 0 Å². The van der Waals surface area contributed by atoms with Gasteiger partial charge in [-0.05, 0) is 35.4 Å². The largest absolute Gasteiger partial charge is 0.348 e. The molecule has 2 aromatic carbocycles. The summed E-state index contributed by atoms with van der Waals surface area (Å²) in [5.41, 5.74) is 1.81. The van der Waals surface area contributed by atoms with Gasteiger partial charge in [0.1, 0.15) is 0 Å². The van der Waals surface area contributed by atoms with E-state index in [-0.39, 0.29) is 5.91 Å². The van der Waals surface area contributed by atoms with Crippen molar-refractivity contribution in [2.75, 3.05) is 0 Å². The van der Waals surface area contributed by atoms with Crippen LogP contribution in [-0.4, -0.2) is 5.91 Å². The zero-order valence-electron chi connectivity index (χ0n) is 10.6. The summed E-state index contributed by atoms with van der Waals surface area (Å²) in [5, 5.41) is 4.10. The standard InChI is InChI=1S/C16H13Cl2NO/c17-14-8-5-12(6-9-14)11-19-16(20)10-7-13-3-1-2-4-15(13)18/h1-10H,11H2,(H,19,20)/b10-7+. The molecule has 0 saturated carbocycles. The molecule has 2 aromatic rings. The van der Waals surface area contributed by atoms with E-state index < -0.39 is 0 Å². The molecule has 0 saturated heterocycles. The highest BCUT2D eigenvalue weighted by Gasteiger charge is 1.98. The van der Waals surface area contributed by atoms with Crippen LogP contribution in [0.25, 0.3) is 6.08 Å². The number of hydrogen-bond acceptors (Lipinski definition) is 1. The van der Waals surface area contributed by atoms with Crippen molar-refractivity contribution in [1.82, 2.24) is 5.32 Å². The van der Waals surface area contributed by atoms with Crippen LogP contribution in [0.4, 0.5) is 0 Å². The van der Waals surface area contributed by atoms with E-state index in [0.29, 0.717) is 16.6 Å². The smallest absolute Gasteiger partial charge is 0.244 e. The number of halogens is 2. The van der Waals surface area contributed by atoms with E-state index in [2.05, 4.69) is 5.32 Å². The second-order valence-electron chi connectivity index (χ2n) is 4.20. The Morgan fingerprint density at radius 1 is 1.05 bits per heavy atom. The second-order valence-corrected chi connectivity index (χ2v) is 5.04. The summed E-state index contributed by atoms with van der Waals surface area (Å²) in [4.78, 5) is 11.7. The summed E-state index contributed by atoms with van der Waals surface area (Å²) in [6.07, 6.45) is 3.16. The third-order valence-electron chi connectivity index (χ3n) is 2.70. The van der Waals surface area contributed by atoms with Crippen LogP contribution in [0.3, 0.4) is 0 Å². The van der Waals surface area contributed by atoms with Crippen LogP contribution in [0.2, 0.25) is 10.0 Å². The Morgan fingerprint density at radius 2 is 1.75 bits per heavy atom. The zero-order valence-corrected chi connectivity index (χ0v) is 12.2. The predicted octanol–water partition coefficient (Wildman–Crippen LogP) is 4.32. The molecule has 0 radical (unpaired) electrons. The van der Waals surface area contributed by atoms with Crippen molar-refractivity contribution in [2.45, 2.75) is 6.54 Å². The molecular weight excluding hydrogens is 293 g/mol. The van der Waals surface area contributed by atoms with Gasteiger partial charge in [0.15, 0.2) is 0 Å². The van der Waals surface area contributed by atoms with Crippen LogP contribution in [0.15, 0.2) is 54.6 Å². The quantitative estimate of drug-likeness (QED) is 0.837. The first-order valence-corrected chi connectivity index (χ1v) is 6.85. The maximum Gasteiger partial charge on any atom is 0.244 e. The van der Waals surface area contributed by atoms with Crippen LogP contribution >= 0.6 is 23.2 Å². The Bertz CT molecular complexity index is 621. The number of hydrogen-bond donors (Lipinski definition) is 1. The Kier molecular flexibility index (Phi) is 5.22. The molecule has 0 spiro atoms. The third kappa shape index (κ3) is 4.41. The maximum atomic E-state index is 11.7. The lowest BCUT2D eigenvalue weighted by Crippen LogP contribution is -2.20. The molecule has 2 nitrogen and oxygen atoms in total. The van der Waals surface area contributed by atoms with Gasteiger partial charge in [0, 0.05) is 22.7 Å². The van der Waals surface area contributed by atoms with Gasteiger partial charge in [-0.15, -0.1) is 0 Å². The van der Waals surface area contributed by atoms with Crippen molar-refractivity contribution in [3.8, 4) is 0 Å². The highest BCUT2D eigenvalue weighted by atomic mass is 35.5. The van der Waals surface area contributed by atoms with E-state index in [4.69, 9.17) is 23.2 Å². The van der Waals surface area contributed by atoms with Gasteiger partial charge in [-0.25, -0.2) is 0 Å². The van der Waals surface area contributed by atoms with Crippen molar-refractivity contribution >= 4 is 35.2 Å². The molecule has 1 amide bonds. The molecule has 2 rings (SSSR count). The molecule has 20 heavy (non-hydrogen) atoms. The molecule has 0 unspecified atom stereocenters. The first kappa shape index (κ1) is 14.6. The van der Waals surface area contributed by atoms with Crippen LogP contribution in [0.1, 0.15) is 11.1 Å². The molecule has 102 valence electrons. The van der Waals surface area contributed by atoms with Gasteiger partial charge < -0.3 is 5.32 Å². The molecule has 4 heteroatoms. The average molecular weight is 306 g/mol. The summed E-state index contributed by atoms with van der Waals surface area (Å²) in [6, 6.07) is 14.7. The Balaban J connectivity index is 1.90. The van der Waals surface area contributed by atoms with E-state index >= 15 is 0 Å². The minimum Gasteiger partial charge on any atom is -0.348 e. The Hall–Kier alpha value is -1.77. The van der Waals surface area contributed by atoms with Gasteiger partial charge in [-0.3, -0.25) is 4.79 Å². The molecule has 0 aliphatic carbocycles. The minimum absolute atomic E-state index is 0.167. The van der Waals surface area contributed by atoms with Crippen LogP contribution < -0.4 is 5.32 Å². The van der Waals surface area contributed by atoms with Crippen molar-refractivity contribution in [2.24, 2.45) is 0 Å². The van der Waals surface area contributed by atoms with Gasteiger partial charge in [0.05, 0.1) is 0 Å². The lowest BCUT2D eigenvalue weighted by Gasteiger charge is -2.02. The van der Waals surface area contributed by atoms with Crippen LogP contribution in [0.5, 0.6) is 0 Å². The first-order chi connectivity index (χ1) is 9.65. The SMILES string of the molecule is O=C(/C=C/c1ccccc1Cl)NCc1ccc(Cl)cc1. The van der Waals surface area contributed by atoms with E-state index in [1.807, 2.05) is 30.3 Å². The number of carbonyl (C=O) groups excluding carboxylic acids is 1. The van der Waals surface area contributed by atoms with Gasteiger partial charge >= 0.3 is 0 Å². The molecular formula is C16H13Cl2NO. The van der Waals surface area contributed by atoms with E-state index in [1.54, 1.807) is 24.3 Å². The molecule has 0 bridgehead atoms. The number of carbonyl (C=O) groups is 1. The topological polar surface area (TPSA) is 29.1 Å². The van der Waals surface area contributed by atoms with Crippen LogP contribution in [-0.2, 0) is 11.3 Å². The first-order valence-electron chi connectivity index (χ1n) is 6.10. The van der Waals surface area contributed by atoms with E-state index in [0.717, 1.165) is 11.1 Å². The summed E-state index contributed by atoms with van der Waals surface area (Å²) in [5.74, 6) is -0.167. The molecule has 0 heterocycles. The van der Waals surface area contributed by atoms with Gasteiger partial charge in [0.2, 0.25) is 5.91 Å². The predicted molar refractivity (Wildman–Crippen MR) is 83.8 cm³/mol. The van der Waals surface area contributed by atoms with E-state index in [9.17, 15) is 4.79 Å². The fourth-order valence-electron chi connectivity index (χ4n) is 1.63. The zero-order chi connectivity index (χ0) is 14.4. The molecule has 0 aromatic heterocycles. The molecule has 0 fully saturated rings. The highest BCUT2D eigenvalue weighted by Crippen LogP contribution is 2.16. The summed E-state index contributed by atoms with van der Waals surface area (Å²) in [6.45, 7) is 0.461. The number of benzene rings is 2. The molecule has 0 atom stereocenters. The van der Waals surface area contributed by atoms with Crippen molar-refractivity contribution < 1.29 is 4.79 Å². The minimum atomic E-state index is -0.167. The maximum absolute atomic E-state index is 11.7. The van der Waals surface area contributed by atoms with Crippen molar-refractivity contribution in [1.29, 1.82) is 0 Å². The van der Waals surface area contributed by atoms with Gasteiger partial charge in [0.25, 0.3) is 0 Å². The second kappa shape index (κ2) is 7.13. The highest BCUT2D eigenvalue weighted by molar-refractivity contribution is 6.32. The average Bonchev–Trinajstić information content (AvgIpc) is 2.46. The van der Waals surface area contributed by atoms with Gasteiger partial charge in [-0.1, -0.05) is 53.5 Å². The summed E-state index contributed by atoms with van der Waals surface area (Å²) < 4.78 is 0. The summed E-state index contributed by atoms with van der Waals surface area (Å²) >= 11 is 11.8. The lowest BCUT2D eigenvalue weighted by atomic mass is 10.2. The van der Waals surface area contributed by atoms with Crippen molar-refractivity contribution in [3.05, 3.63) is 75.8 Å². The molecule has 0 aliphatic rings. The molecule has 1 N–H and O–H groups in total. The fourth-order valence-corrected chi connectivity index (χ4v) is 1.95. The molecule has 0 aliphatic heterocycles. The van der Waals surface area contributed by atoms with Gasteiger partial charge in [-0.2, -0.15) is 0 Å². The fraction of sp³-hybridized carbons (Fsp3) is 0.0625. The number of nitrogens with one attached hydrogen (secondary N) is 1. The normalized spacial score (nSPS) is 10.7. The number of rotatable bonds is 4. The lowest BCUT2D eigenvalue weighted by molar-refractivity contribution is -0.116. The van der Waals surface area contributed by atoms with E-state index in [1.165, 1.54) is 6.08 Å². The van der Waals surface area contributed by atoms with Crippen LogP contribution in [0, 0.1) is 0 Å².